The molecule has 1 fully saturated rings. The molecule has 98 valence electrons. The van der Waals surface area contributed by atoms with E-state index in [1.54, 1.807) is 0 Å². The van der Waals surface area contributed by atoms with Crippen LogP contribution in [0.4, 0.5) is 4.39 Å². The number of amides is 1. The number of hydrogen-bond acceptors (Lipinski definition) is 2. The summed E-state index contributed by atoms with van der Waals surface area (Å²) in [5.74, 6) is -0.148. The second-order valence-electron chi connectivity index (χ2n) is 5.13. The second kappa shape index (κ2) is 5.94. The highest BCUT2D eigenvalue weighted by molar-refractivity contribution is 5.92. The molecule has 1 aromatic rings. The highest BCUT2D eigenvalue weighted by Gasteiger charge is 2.19. The molecule has 2 rings (SSSR count). The van der Waals surface area contributed by atoms with E-state index in [0.29, 0.717) is 0 Å². The Morgan fingerprint density at radius 2 is 2.17 bits per heavy atom. The van der Waals surface area contributed by atoms with Crippen molar-refractivity contribution in [2.45, 2.75) is 45.1 Å². The summed E-state index contributed by atoms with van der Waals surface area (Å²) in [4.78, 5) is 15.5. The van der Waals surface area contributed by atoms with Crippen LogP contribution in [0.5, 0.6) is 0 Å². The van der Waals surface area contributed by atoms with Crippen molar-refractivity contribution in [3.8, 4) is 0 Å². The van der Waals surface area contributed by atoms with Crippen LogP contribution in [-0.2, 0) is 0 Å². The van der Waals surface area contributed by atoms with Crippen molar-refractivity contribution >= 4 is 5.91 Å². The molecule has 1 heterocycles. The highest BCUT2D eigenvalue weighted by Crippen LogP contribution is 2.22. The molecule has 1 amide bonds. The van der Waals surface area contributed by atoms with Gasteiger partial charge in [0.2, 0.25) is 5.95 Å². The van der Waals surface area contributed by atoms with Gasteiger partial charge in [-0.1, -0.05) is 25.8 Å². The minimum Gasteiger partial charge on any atom is -0.348 e. The van der Waals surface area contributed by atoms with Gasteiger partial charge in [0.25, 0.3) is 5.91 Å². The van der Waals surface area contributed by atoms with E-state index in [1.807, 2.05) is 0 Å². The molecule has 3 nitrogen and oxygen atoms in total. The van der Waals surface area contributed by atoms with Crippen LogP contribution in [0.1, 0.15) is 49.5 Å². The summed E-state index contributed by atoms with van der Waals surface area (Å²) < 4.78 is 12.9. The molecule has 1 aliphatic carbocycles. The van der Waals surface area contributed by atoms with E-state index in [4.69, 9.17) is 0 Å². The molecule has 1 aliphatic rings. The molecule has 18 heavy (non-hydrogen) atoms. The number of aromatic nitrogens is 1. The minimum absolute atomic E-state index is 0.160. The van der Waals surface area contributed by atoms with Crippen LogP contribution in [0, 0.1) is 11.9 Å². The summed E-state index contributed by atoms with van der Waals surface area (Å²) in [6.07, 6.45) is 5.52. The summed E-state index contributed by atoms with van der Waals surface area (Å²) >= 11 is 0. The zero-order chi connectivity index (χ0) is 13.0. The van der Waals surface area contributed by atoms with E-state index in [0.717, 1.165) is 31.6 Å². The first kappa shape index (κ1) is 13.0. The Hall–Kier alpha value is -1.45. The maximum atomic E-state index is 12.9. The van der Waals surface area contributed by atoms with Crippen LogP contribution in [0.2, 0.25) is 0 Å². The van der Waals surface area contributed by atoms with E-state index in [9.17, 15) is 9.18 Å². The van der Waals surface area contributed by atoms with Crippen molar-refractivity contribution in [1.29, 1.82) is 0 Å². The van der Waals surface area contributed by atoms with Gasteiger partial charge in [-0.2, -0.15) is 4.39 Å². The number of halogens is 1. The van der Waals surface area contributed by atoms with Gasteiger partial charge in [0, 0.05) is 6.04 Å². The number of pyridine rings is 1. The third-order valence-corrected chi connectivity index (χ3v) is 3.54. The van der Waals surface area contributed by atoms with Crippen LogP contribution < -0.4 is 5.32 Å². The zero-order valence-corrected chi connectivity index (χ0v) is 10.7. The molecule has 0 spiro atoms. The molecule has 1 aromatic heterocycles. The minimum atomic E-state index is -0.614. The summed E-state index contributed by atoms with van der Waals surface area (Å²) in [5, 5.41) is 2.95. The van der Waals surface area contributed by atoms with Crippen molar-refractivity contribution in [2.75, 3.05) is 0 Å². The van der Waals surface area contributed by atoms with Crippen LogP contribution in [-0.4, -0.2) is 16.9 Å². The van der Waals surface area contributed by atoms with E-state index in [-0.39, 0.29) is 17.6 Å². The van der Waals surface area contributed by atoms with E-state index in [2.05, 4.69) is 17.2 Å². The molecule has 0 radical (unpaired) electrons. The van der Waals surface area contributed by atoms with Crippen molar-refractivity contribution in [2.24, 2.45) is 5.92 Å². The predicted molar refractivity (Wildman–Crippen MR) is 67.7 cm³/mol. The SMILES string of the molecule is CC1CCCC(NC(=O)c2cccc(F)n2)CC1. The number of hydrogen-bond donors (Lipinski definition) is 1. The Bertz CT molecular complexity index is 422. The van der Waals surface area contributed by atoms with E-state index in [1.165, 1.54) is 24.6 Å². The van der Waals surface area contributed by atoms with Crippen LogP contribution in [0.15, 0.2) is 18.2 Å². The predicted octanol–water partition coefficient (Wildman–Crippen LogP) is 2.92. The van der Waals surface area contributed by atoms with E-state index >= 15 is 0 Å². The van der Waals surface area contributed by atoms with Crippen LogP contribution in [0.3, 0.4) is 0 Å². The fourth-order valence-corrected chi connectivity index (χ4v) is 2.43. The lowest BCUT2D eigenvalue weighted by atomic mass is 10.0. The highest BCUT2D eigenvalue weighted by atomic mass is 19.1. The van der Waals surface area contributed by atoms with Crippen molar-refractivity contribution in [3.05, 3.63) is 29.8 Å². The first-order valence-electron chi connectivity index (χ1n) is 6.58. The second-order valence-corrected chi connectivity index (χ2v) is 5.13. The normalized spacial score (nSPS) is 24.3. The molecular formula is C14H19FN2O. The lowest BCUT2D eigenvalue weighted by molar-refractivity contribution is 0.0927. The van der Waals surface area contributed by atoms with Gasteiger partial charge in [-0.15, -0.1) is 0 Å². The van der Waals surface area contributed by atoms with E-state index < -0.39 is 5.95 Å². The van der Waals surface area contributed by atoms with Gasteiger partial charge in [-0.05, 0) is 37.3 Å². The summed E-state index contributed by atoms with van der Waals surface area (Å²) in [5.41, 5.74) is 0.160. The third kappa shape index (κ3) is 3.52. The lowest BCUT2D eigenvalue weighted by Crippen LogP contribution is -2.35. The first-order chi connectivity index (χ1) is 8.65. The fraction of sp³-hybridized carbons (Fsp3) is 0.571. The van der Waals surface area contributed by atoms with Gasteiger partial charge in [0.1, 0.15) is 5.69 Å². The number of carbonyl (C=O) groups excluding carboxylic acids is 1. The Labute approximate surface area is 107 Å². The Morgan fingerprint density at radius 1 is 1.33 bits per heavy atom. The average Bonchev–Trinajstić information content (AvgIpc) is 2.54. The first-order valence-corrected chi connectivity index (χ1v) is 6.58. The molecule has 4 heteroatoms. The summed E-state index contributed by atoms with van der Waals surface area (Å²) in [7, 11) is 0. The van der Waals surface area contributed by atoms with Crippen molar-refractivity contribution in [1.82, 2.24) is 10.3 Å². The zero-order valence-electron chi connectivity index (χ0n) is 10.7. The topological polar surface area (TPSA) is 42.0 Å². The molecule has 0 bridgehead atoms. The van der Waals surface area contributed by atoms with Crippen LogP contribution in [0.25, 0.3) is 0 Å². The Morgan fingerprint density at radius 3 is 2.94 bits per heavy atom. The average molecular weight is 250 g/mol. The van der Waals surface area contributed by atoms with Crippen LogP contribution >= 0.6 is 0 Å². The largest absolute Gasteiger partial charge is 0.348 e. The number of carbonyl (C=O) groups is 1. The molecule has 0 saturated heterocycles. The molecule has 0 aromatic carbocycles. The summed E-state index contributed by atoms with van der Waals surface area (Å²) in [6, 6.07) is 4.49. The van der Waals surface area contributed by atoms with Gasteiger partial charge in [-0.3, -0.25) is 4.79 Å². The van der Waals surface area contributed by atoms with Gasteiger partial charge in [0.05, 0.1) is 0 Å². The Kier molecular flexibility index (Phi) is 4.28. The number of rotatable bonds is 2. The maximum absolute atomic E-state index is 12.9. The Balaban J connectivity index is 1.94. The maximum Gasteiger partial charge on any atom is 0.270 e. The fourth-order valence-electron chi connectivity index (χ4n) is 2.43. The smallest absolute Gasteiger partial charge is 0.270 e. The molecule has 0 aliphatic heterocycles. The number of nitrogens with one attached hydrogen (secondary N) is 1. The van der Waals surface area contributed by atoms with Gasteiger partial charge in [-0.25, -0.2) is 4.98 Å². The number of nitrogens with zero attached hydrogens (tertiary/aromatic N) is 1. The quantitative estimate of drug-likeness (QED) is 0.647. The summed E-state index contributed by atoms with van der Waals surface area (Å²) in [6.45, 7) is 2.25. The monoisotopic (exact) mass is 250 g/mol. The molecule has 2 atom stereocenters. The van der Waals surface area contributed by atoms with Crippen molar-refractivity contribution in [3.63, 3.8) is 0 Å². The molecule has 1 N–H and O–H groups in total. The van der Waals surface area contributed by atoms with Gasteiger partial charge < -0.3 is 5.32 Å². The molecular weight excluding hydrogens is 231 g/mol. The van der Waals surface area contributed by atoms with Gasteiger partial charge >= 0.3 is 0 Å². The van der Waals surface area contributed by atoms with Crippen molar-refractivity contribution < 1.29 is 9.18 Å². The van der Waals surface area contributed by atoms with Gasteiger partial charge in [0.15, 0.2) is 0 Å². The molecule has 1 saturated carbocycles. The lowest BCUT2D eigenvalue weighted by Gasteiger charge is -2.16. The third-order valence-electron chi connectivity index (χ3n) is 3.54. The molecule has 2 unspecified atom stereocenters. The standard InChI is InChI=1S/C14H19FN2O/c1-10-4-2-5-11(9-8-10)16-14(18)12-6-3-7-13(15)17-12/h3,6-7,10-11H,2,4-5,8-9H2,1H3,(H,16,18).